The zero-order valence-corrected chi connectivity index (χ0v) is 12.3. The van der Waals surface area contributed by atoms with Crippen LogP contribution in [0.25, 0.3) is 0 Å². The van der Waals surface area contributed by atoms with Gasteiger partial charge in [-0.25, -0.2) is 0 Å². The molecule has 1 atom stereocenters. The lowest BCUT2D eigenvalue weighted by molar-refractivity contribution is -0.133. The number of nitrogens with two attached hydrogens (primary N) is 1. The van der Waals surface area contributed by atoms with Gasteiger partial charge < -0.3 is 11.1 Å². The largest absolute Gasteiger partial charge is 0.389 e. The van der Waals surface area contributed by atoms with Gasteiger partial charge in [-0.1, -0.05) is 12.2 Å². The Hall–Kier alpha value is -1.47. The third kappa shape index (κ3) is 3.30. The molecule has 2 rings (SSSR count). The predicted molar refractivity (Wildman–Crippen MR) is 79.8 cm³/mol. The number of amides is 2. The zero-order valence-electron chi connectivity index (χ0n) is 9.90. The van der Waals surface area contributed by atoms with E-state index in [9.17, 15) is 9.59 Å². The second-order valence-electron chi connectivity index (χ2n) is 4.21. The van der Waals surface area contributed by atoms with E-state index in [0.29, 0.717) is 17.8 Å². The number of halogens is 1. The Bertz CT molecular complexity index is 562. The van der Waals surface area contributed by atoms with Gasteiger partial charge in [-0.05, 0) is 40.5 Å². The minimum Gasteiger partial charge on any atom is -0.389 e. The highest BCUT2D eigenvalue weighted by atomic mass is 79.9. The van der Waals surface area contributed by atoms with Gasteiger partial charge in [0, 0.05) is 22.1 Å². The summed E-state index contributed by atoms with van der Waals surface area (Å²) in [4.78, 5) is 23.0. The van der Waals surface area contributed by atoms with E-state index in [1.54, 1.807) is 18.2 Å². The highest BCUT2D eigenvalue weighted by Crippen LogP contribution is 2.23. The van der Waals surface area contributed by atoms with Crippen molar-refractivity contribution in [2.75, 3.05) is 5.32 Å². The first-order valence-electron chi connectivity index (χ1n) is 5.67. The normalized spacial score (nSPS) is 18.9. The number of imide groups is 1. The van der Waals surface area contributed by atoms with E-state index in [2.05, 4.69) is 26.6 Å². The van der Waals surface area contributed by atoms with E-state index in [-0.39, 0.29) is 11.8 Å². The van der Waals surface area contributed by atoms with Gasteiger partial charge in [0.25, 0.3) is 0 Å². The molecule has 1 aliphatic heterocycles. The van der Waals surface area contributed by atoms with Crippen LogP contribution < -0.4 is 16.4 Å². The molecule has 1 aromatic carbocycles. The fraction of sp³-hybridized carbons (Fsp3) is 0.250. The number of nitrogens with one attached hydrogen (secondary N) is 2. The third-order valence-electron chi connectivity index (χ3n) is 2.81. The molecule has 0 radical (unpaired) electrons. The molecule has 1 unspecified atom stereocenters. The number of piperidine rings is 1. The molecule has 1 fully saturated rings. The van der Waals surface area contributed by atoms with Gasteiger partial charge in [-0.15, -0.1) is 0 Å². The summed E-state index contributed by atoms with van der Waals surface area (Å²) < 4.78 is 0.761. The SMILES string of the molecule is NC(=S)c1ccc(NC2CCC(=O)NC2=O)cc1Br. The molecule has 1 saturated heterocycles. The van der Waals surface area contributed by atoms with Crippen molar-refractivity contribution < 1.29 is 9.59 Å². The summed E-state index contributed by atoms with van der Waals surface area (Å²) in [5.41, 5.74) is 7.07. The van der Waals surface area contributed by atoms with Crippen molar-refractivity contribution in [1.82, 2.24) is 5.32 Å². The number of hydrogen-bond donors (Lipinski definition) is 3. The van der Waals surface area contributed by atoms with Gasteiger partial charge in [-0.2, -0.15) is 0 Å². The molecular weight excluding hydrogens is 330 g/mol. The summed E-state index contributed by atoms with van der Waals surface area (Å²) in [6.07, 6.45) is 0.828. The van der Waals surface area contributed by atoms with Crippen LogP contribution in [-0.2, 0) is 9.59 Å². The van der Waals surface area contributed by atoms with E-state index >= 15 is 0 Å². The molecule has 5 nitrogen and oxygen atoms in total. The second kappa shape index (κ2) is 5.66. The molecule has 0 saturated carbocycles. The van der Waals surface area contributed by atoms with E-state index in [4.69, 9.17) is 18.0 Å². The fourth-order valence-electron chi connectivity index (χ4n) is 1.84. The first-order chi connectivity index (χ1) is 8.97. The molecular formula is C12H12BrN3O2S. The van der Waals surface area contributed by atoms with Crippen molar-refractivity contribution in [3.8, 4) is 0 Å². The molecule has 0 aliphatic carbocycles. The van der Waals surface area contributed by atoms with Gasteiger partial charge in [0.1, 0.15) is 11.0 Å². The van der Waals surface area contributed by atoms with E-state index in [1.807, 2.05) is 0 Å². The Morgan fingerprint density at radius 2 is 2.21 bits per heavy atom. The quantitative estimate of drug-likeness (QED) is 0.570. The van der Waals surface area contributed by atoms with Crippen molar-refractivity contribution in [1.29, 1.82) is 0 Å². The summed E-state index contributed by atoms with van der Waals surface area (Å²) in [6.45, 7) is 0. The number of thiocarbonyl (C=S) groups is 1. The van der Waals surface area contributed by atoms with Gasteiger partial charge >= 0.3 is 0 Å². The topological polar surface area (TPSA) is 84.2 Å². The summed E-state index contributed by atoms with van der Waals surface area (Å²) in [6, 6.07) is 4.97. The number of anilines is 1. The van der Waals surface area contributed by atoms with Crippen molar-refractivity contribution >= 4 is 50.6 Å². The van der Waals surface area contributed by atoms with Crippen LogP contribution >= 0.6 is 28.1 Å². The van der Waals surface area contributed by atoms with Crippen LogP contribution in [0.2, 0.25) is 0 Å². The Morgan fingerprint density at radius 1 is 1.47 bits per heavy atom. The average Bonchev–Trinajstić information content (AvgIpc) is 2.32. The Morgan fingerprint density at radius 3 is 2.79 bits per heavy atom. The van der Waals surface area contributed by atoms with Crippen LogP contribution in [0.3, 0.4) is 0 Å². The average molecular weight is 342 g/mol. The van der Waals surface area contributed by atoms with Crippen LogP contribution in [0.1, 0.15) is 18.4 Å². The predicted octanol–water partition coefficient (Wildman–Crippen LogP) is 1.30. The minimum absolute atomic E-state index is 0.229. The maximum atomic E-state index is 11.6. The number of carbonyl (C=O) groups excluding carboxylic acids is 2. The molecule has 2 amide bonds. The van der Waals surface area contributed by atoms with Gasteiger partial charge in [0.2, 0.25) is 11.8 Å². The fourth-order valence-corrected chi connectivity index (χ4v) is 2.74. The highest BCUT2D eigenvalue weighted by Gasteiger charge is 2.26. The molecule has 19 heavy (non-hydrogen) atoms. The Labute approximate surface area is 124 Å². The lowest BCUT2D eigenvalue weighted by atomic mass is 10.1. The Kier molecular flexibility index (Phi) is 4.16. The van der Waals surface area contributed by atoms with Crippen LogP contribution in [0.4, 0.5) is 5.69 Å². The number of rotatable bonds is 3. The van der Waals surface area contributed by atoms with E-state index in [0.717, 1.165) is 15.7 Å². The van der Waals surface area contributed by atoms with Crippen molar-refractivity contribution in [2.24, 2.45) is 5.73 Å². The highest BCUT2D eigenvalue weighted by molar-refractivity contribution is 9.10. The molecule has 100 valence electrons. The molecule has 1 heterocycles. The second-order valence-corrected chi connectivity index (χ2v) is 5.50. The number of carbonyl (C=O) groups is 2. The summed E-state index contributed by atoms with van der Waals surface area (Å²) in [5, 5.41) is 5.38. The smallest absolute Gasteiger partial charge is 0.249 e. The van der Waals surface area contributed by atoms with E-state index in [1.165, 1.54) is 0 Å². The minimum atomic E-state index is -0.403. The molecule has 1 aromatic rings. The van der Waals surface area contributed by atoms with Crippen molar-refractivity contribution in [3.63, 3.8) is 0 Å². The summed E-state index contributed by atoms with van der Waals surface area (Å²) >= 11 is 8.29. The molecule has 7 heteroatoms. The van der Waals surface area contributed by atoms with E-state index < -0.39 is 6.04 Å². The standard InChI is InChI=1S/C12H12BrN3O2S/c13-8-5-6(1-2-7(8)11(14)19)15-9-3-4-10(17)16-12(9)18/h1-2,5,9,15H,3-4H2,(H2,14,19)(H,16,17,18). The maximum Gasteiger partial charge on any atom is 0.249 e. The molecule has 0 bridgehead atoms. The summed E-state index contributed by atoms with van der Waals surface area (Å²) in [7, 11) is 0. The van der Waals surface area contributed by atoms with Crippen molar-refractivity contribution in [2.45, 2.75) is 18.9 Å². The molecule has 4 N–H and O–H groups in total. The summed E-state index contributed by atoms with van der Waals surface area (Å²) in [5.74, 6) is -0.529. The van der Waals surface area contributed by atoms with Crippen LogP contribution in [0.15, 0.2) is 22.7 Å². The van der Waals surface area contributed by atoms with Gasteiger partial charge in [0.15, 0.2) is 0 Å². The number of hydrogen-bond acceptors (Lipinski definition) is 4. The van der Waals surface area contributed by atoms with Crippen molar-refractivity contribution in [3.05, 3.63) is 28.2 Å². The van der Waals surface area contributed by atoms with Crippen LogP contribution in [-0.4, -0.2) is 22.8 Å². The van der Waals surface area contributed by atoms with Crippen LogP contribution in [0, 0.1) is 0 Å². The number of benzene rings is 1. The van der Waals surface area contributed by atoms with Gasteiger partial charge in [-0.3, -0.25) is 14.9 Å². The molecule has 0 aromatic heterocycles. The molecule has 1 aliphatic rings. The first kappa shape index (κ1) is 14.0. The van der Waals surface area contributed by atoms with Crippen LogP contribution in [0.5, 0.6) is 0 Å². The zero-order chi connectivity index (χ0) is 14.0. The first-order valence-corrected chi connectivity index (χ1v) is 6.87. The lowest BCUT2D eigenvalue weighted by Crippen LogP contribution is -2.47. The maximum absolute atomic E-state index is 11.6. The Balaban J connectivity index is 2.11. The van der Waals surface area contributed by atoms with Gasteiger partial charge in [0.05, 0.1) is 0 Å². The monoisotopic (exact) mass is 341 g/mol. The third-order valence-corrected chi connectivity index (χ3v) is 3.69. The lowest BCUT2D eigenvalue weighted by Gasteiger charge is -2.23. The molecule has 0 spiro atoms.